The van der Waals surface area contributed by atoms with Crippen molar-refractivity contribution in [2.75, 3.05) is 0 Å². The maximum atomic E-state index is 12.4. The van der Waals surface area contributed by atoms with E-state index in [0.717, 1.165) is 11.3 Å². The fourth-order valence-electron chi connectivity index (χ4n) is 2.23. The molecule has 2 aromatic heterocycles. The second-order valence-corrected chi connectivity index (χ2v) is 6.66. The first-order valence-electron chi connectivity index (χ1n) is 7.18. The third-order valence-electron chi connectivity index (χ3n) is 3.42. The number of halogens is 1. The van der Waals surface area contributed by atoms with Gasteiger partial charge < -0.3 is 8.83 Å². The van der Waals surface area contributed by atoms with Crippen LogP contribution in [0.5, 0.6) is 0 Å². The predicted octanol–water partition coefficient (Wildman–Crippen LogP) is 5.77. The minimum absolute atomic E-state index is 0.00923. The zero-order valence-corrected chi connectivity index (χ0v) is 13.8. The second-order valence-electron chi connectivity index (χ2n) is 5.04. The molecule has 0 fully saturated rings. The van der Waals surface area contributed by atoms with Crippen LogP contribution in [-0.2, 0) is 5.75 Å². The smallest absolute Gasteiger partial charge is 0.199 e. The highest BCUT2D eigenvalue weighted by Crippen LogP contribution is 2.36. The normalized spacial score (nSPS) is 12.2. The van der Waals surface area contributed by atoms with Gasteiger partial charge in [0.15, 0.2) is 11.5 Å². The van der Waals surface area contributed by atoms with Crippen LogP contribution in [0.3, 0.4) is 0 Å². The Morgan fingerprint density at radius 3 is 2.43 bits per heavy atom. The minimum atomic E-state index is -0.0121. The highest BCUT2D eigenvalue weighted by molar-refractivity contribution is 7.98. The number of ketones is 1. The molecule has 118 valence electrons. The second kappa shape index (κ2) is 7.57. The predicted molar refractivity (Wildman–Crippen MR) is 91.9 cm³/mol. The van der Waals surface area contributed by atoms with E-state index in [-0.39, 0.29) is 11.0 Å². The maximum Gasteiger partial charge on any atom is 0.199 e. The molecule has 0 radical (unpaired) electrons. The van der Waals surface area contributed by atoms with Crippen molar-refractivity contribution >= 4 is 29.1 Å². The molecule has 0 saturated heterocycles. The molecule has 2 heterocycles. The summed E-state index contributed by atoms with van der Waals surface area (Å²) >= 11 is 7.62. The van der Waals surface area contributed by atoms with Crippen LogP contribution >= 0.6 is 23.4 Å². The Hall–Kier alpha value is -1.91. The first-order chi connectivity index (χ1) is 11.2. The summed E-state index contributed by atoms with van der Waals surface area (Å²) in [6.07, 6.45) is 3.53. The van der Waals surface area contributed by atoms with Crippen LogP contribution in [0, 0.1) is 0 Å². The van der Waals surface area contributed by atoms with Crippen LogP contribution in [0.25, 0.3) is 0 Å². The summed E-state index contributed by atoms with van der Waals surface area (Å²) in [6, 6.07) is 14.8. The van der Waals surface area contributed by atoms with Crippen molar-refractivity contribution in [1.29, 1.82) is 0 Å². The van der Waals surface area contributed by atoms with Gasteiger partial charge in [0.2, 0.25) is 0 Å². The highest BCUT2D eigenvalue weighted by Gasteiger charge is 2.20. The molecule has 5 heteroatoms. The molecule has 0 amide bonds. The monoisotopic (exact) mass is 346 g/mol. The summed E-state index contributed by atoms with van der Waals surface area (Å²) in [7, 11) is 0. The van der Waals surface area contributed by atoms with Gasteiger partial charge in [0.05, 0.1) is 18.3 Å². The van der Waals surface area contributed by atoms with E-state index >= 15 is 0 Å². The van der Waals surface area contributed by atoms with E-state index in [1.807, 2.05) is 36.4 Å². The van der Waals surface area contributed by atoms with E-state index in [0.29, 0.717) is 23.0 Å². The van der Waals surface area contributed by atoms with Gasteiger partial charge in [0.1, 0.15) is 5.76 Å². The number of Topliss-reactive ketones (excluding diaryl/α,β-unsaturated/α-hetero) is 1. The van der Waals surface area contributed by atoms with E-state index in [1.165, 1.54) is 6.26 Å². The van der Waals surface area contributed by atoms with Gasteiger partial charge in [-0.2, -0.15) is 0 Å². The Morgan fingerprint density at radius 2 is 1.78 bits per heavy atom. The molecule has 0 N–H and O–H groups in total. The number of hydrogen-bond donors (Lipinski definition) is 0. The van der Waals surface area contributed by atoms with Gasteiger partial charge >= 0.3 is 0 Å². The SMILES string of the molecule is O=C(C[C@@H](SCc1ccco1)c1ccc(Cl)cc1)c1ccco1. The van der Waals surface area contributed by atoms with E-state index in [1.54, 1.807) is 30.2 Å². The van der Waals surface area contributed by atoms with E-state index in [4.69, 9.17) is 20.4 Å². The van der Waals surface area contributed by atoms with Crippen molar-refractivity contribution in [2.45, 2.75) is 17.4 Å². The molecule has 1 atom stereocenters. The van der Waals surface area contributed by atoms with Crippen LogP contribution in [0.15, 0.2) is 69.9 Å². The lowest BCUT2D eigenvalue weighted by molar-refractivity contribution is 0.0955. The summed E-state index contributed by atoms with van der Waals surface area (Å²) in [5.74, 6) is 1.97. The molecule has 1 aromatic carbocycles. The van der Waals surface area contributed by atoms with Crippen molar-refractivity contribution in [3.05, 3.63) is 83.2 Å². The maximum absolute atomic E-state index is 12.4. The Balaban J connectivity index is 1.74. The number of hydrogen-bond acceptors (Lipinski definition) is 4. The Bertz CT molecular complexity index is 733. The molecule has 0 unspecified atom stereocenters. The van der Waals surface area contributed by atoms with Gasteiger partial charge in [-0.3, -0.25) is 4.79 Å². The van der Waals surface area contributed by atoms with Crippen LogP contribution < -0.4 is 0 Å². The molecular formula is C18H15ClO3S. The standard InChI is InChI=1S/C18H15ClO3S/c19-14-7-5-13(6-8-14)18(23-12-15-3-1-9-21-15)11-16(20)17-4-2-10-22-17/h1-10,18H,11-12H2/t18-/m1/s1. The average molecular weight is 347 g/mol. The third kappa shape index (κ3) is 4.30. The Kier molecular flexibility index (Phi) is 5.26. The lowest BCUT2D eigenvalue weighted by atomic mass is 10.1. The zero-order valence-electron chi connectivity index (χ0n) is 12.3. The minimum Gasteiger partial charge on any atom is -0.468 e. The first kappa shape index (κ1) is 16.0. The molecule has 0 spiro atoms. The van der Waals surface area contributed by atoms with Crippen molar-refractivity contribution < 1.29 is 13.6 Å². The number of furan rings is 2. The van der Waals surface area contributed by atoms with Gasteiger partial charge in [-0.15, -0.1) is 11.8 Å². The van der Waals surface area contributed by atoms with Gasteiger partial charge in [0, 0.05) is 16.7 Å². The summed E-state index contributed by atoms with van der Waals surface area (Å²) < 4.78 is 10.6. The number of carbonyl (C=O) groups is 1. The fourth-order valence-corrected chi connectivity index (χ4v) is 3.51. The summed E-state index contributed by atoms with van der Waals surface area (Å²) in [6.45, 7) is 0. The lowest BCUT2D eigenvalue weighted by Crippen LogP contribution is -2.05. The van der Waals surface area contributed by atoms with Crippen LogP contribution in [0.1, 0.15) is 33.5 Å². The van der Waals surface area contributed by atoms with Crippen molar-refractivity contribution in [3.63, 3.8) is 0 Å². The molecule has 0 saturated carbocycles. The molecule has 0 aliphatic carbocycles. The van der Waals surface area contributed by atoms with Crippen LogP contribution in [0.2, 0.25) is 5.02 Å². The lowest BCUT2D eigenvalue weighted by Gasteiger charge is -2.15. The molecule has 0 bridgehead atoms. The van der Waals surface area contributed by atoms with Crippen molar-refractivity contribution in [2.24, 2.45) is 0 Å². The first-order valence-corrected chi connectivity index (χ1v) is 8.61. The molecule has 0 aliphatic rings. The quantitative estimate of drug-likeness (QED) is 0.509. The highest BCUT2D eigenvalue weighted by atomic mass is 35.5. The zero-order chi connectivity index (χ0) is 16.1. The number of benzene rings is 1. The summed E-state index contributed by atoms with van der Waals surface area (Å²) in [5.41, 5.74) is 1.06. The molecular weight excluding hydrogens is 332 g/mol. The van der Waals surface area contributed by atoms with Crippen LogP contribution in [-0.4, -0.2) is 5.78 Å². The summed E-state index contributed by atoms with van der Waals surface area (Å²) in [4.78, 5) is 12.4. The van der Waals surface area contributed by atoms with E-state index < -0.39 is 0 Å². The van der Waals surface area contributed by atoms with Crippen molar-refractivity contribution in [1.82, 2.24) is 0 Å². The largest absolute Gasteiger partial charge is 0.468 e. The molecule has 0 aliphatic heterocycles. The van der Waals surface area contributed by atoms with Gasteiger partial charge in [-0.05, 0) is 42.0 Å². The molecule has 3 rings (SSSR count). The Morgan fingerprint density at radius 1 is 1.04 bits per heavy atom. The topological polar surface area (TPSA) is 43.4 Å². The number of carbonyl (C=O) groups excluding carboxylic acids is 1. The molecule has 3 nitrogen and oxygen atoms in total. The van der Waals surface area contributed by atoms with E-state index in [2.05, 4.69) is 0 Å². The van der Waals surface area contributed by atoms with Crippen LogP contribution in [0.4, 0.5) is 0 Å². The summed E-state index contributed by atoms with van der Waals surface area (Å²) in [5, 5.41) is 0.691. The molecule has 3 aromatic rings. The van der Waals surface area contributed by atoms with Gasteiger partial charge in [0.25, 0.3) is 0 Å². The molecule has 23 heavy (non-hydrogen) atoms. The van der Waals surface area contributed by atoms with E-state index in [9.17, 15) is 4.79 Å². The van der Waals surface area contributed by atoms with Gasteiger partial charge in [-0.25, -0.2) is 0 Å². The third-order valence-corrected chi connectivity index (χ3v) is 4.96. The average Bonchev–Trinajstić information content (AvgIpc) is 3.25. The number of thioether (sulfide) groups is 1. The Labute approximate surface area is 143 Å². The number of rotatable bonds is 7. The van der Waals surface area contributed by atoms with Crippen molar-refractivity contribution in [3.8, 4) is 0 Å². The fraction of sp³-hybridized carbons (Fsp3) is 0.167. The van der Waals surface area contributed by atoms with Gasteiger partial charge in [-0.1, -0.05) is 23.7 Å².